The fraction of sp³-hybridized carbons (Fsp3) is 0.391. The summed E-state index contributed by atoms with van der Waals surface area (Å²) in [7, 11) is 0. The molecule has 31 heavy (non-hydrogen) atoms. The summed E-state index contributed by atoms with van der Waals surface area (Å²) in [6.07, 6.45) is -0.0178. The zero-order valence-corrected chi connectivity index (χ0v) is 17.8. The number of amides is 2. The number of nitrogens with zero attached hydrogens (tertiary/aromatic N) is 1. The number of benzene rings is 2. The minimum absolute atomic E-state index is 0.0933. The fourth-order valence-electron chi connectivity index (χ4n) is 3.12. The van der Waals surface area contributed by atoms with Crippen molar-refractivity contribution in [2.75, 3.05) is 16.0 Å². The maximum absolute atomic E-state index is 12.7. The van der Waals surface area contributed by atoms with E-state index in [2.05, 4.69) is 12.2 Å². The van der Waals surface area contributed by atoms with Crippen molar-refractivity contribution < 1.29 is 22.8 Å². The molecule has 0 bridgehead atoms. The number of nitrogens with two attached hydrogens (primary N) is 1. The molecule has 0 aliphatic carbocycles. The second-order valence-corrected chi connectivity index (χ2v) is 7.43. The van der Waals surface area contributed by atoms with E-state index in [0.717, 1.165) is 37.8 Å². The lowest BCUT2D eigenvalue weighted by atomic mass is 10.1. The SMILES string of the molecule is CCCCCCC(=O)Nc1ccc(N(Cc2ccc(C(F)(F)F)cc2)C(C)=O)cc1N. The number of anilines is 3. The first-order chi connectivity index (χ1) is 14.6. The van der Waals surface area contributed by atoms with E-state index in [1.54, 1.807) is 18.2 Å². The molecule has 0 heterocycles. The predicted octanol–water partition coefficient (Wildman–Crippen LogP) is 5.75. The van der Waals surface area contributed by atoms with Gasteiger partial charge in [-0.2, -0.15) is 13.2 Å². The number of nitrogen functional groups attached to an aromatic ring is 1. The van der Waals surface area contributed by atoms with Gasteiger partial charge in [-0.1, -0.05) is 38.3 Å². The molecule has 2 amide bonds. The molecule has 2 aromatic rings. The zero-order chi connectivity index (χ0) is 23.0. The van der Waals surface area contributed by atoms with Crippen LogP contribution in [0.2, 0.25) is 0 Å². The van der Waals surface area contributed by atoms with E-state index in [1.165, 1.54) is 24.0 Å². The Hall–Kier alpha value is -3.03. The summed E-state index contributed by atoms with van der Waals surface area (Å²) in [6, 6.07) is 9.50. The first kappa shape index (κ1) is 24.2. The number of unbranched alkanes of at least 4 members (excludes halogenated alkanes) is 3. The average Bonchev–Trinajstić information content (AvgIpc) is 2.70. The Morgan fingerprint density at radius 2 is 1.71 bits per heavy atom. The highest BCUT2D eigenvalue weighted by atomic mass is 19.4. The molecule has 0 saturated carbocycles. The van der Waals surface area contributed by atoms with Crippen LogP contribution in [0.25, 0.3) is 0 Å². The van der Waals surface area contributed by atoms with Crippen molar-refractivity contribution in [3.8, 4) is 0 Å². The first-order valence-electron chi connectivity index (χ1n) is 10.3. The van der Waals surface area contributed by atoms with Crippen LogP contribution in [0.1, 0.15) is 57.1 Å². The van der Waals surface area contributed by atoms with Gasteiger partial charge >= 0.3 is 6.18 Å². The van der Waals surface area contributed by atoms with Crippen molar-refractivity contribution in [1.29, 1.82) is 0 Å². The van der Waals surface area contributed by atoms with Gasteiger partial charge in [-0.25, -0.2) is 0 Å². The second-order valence-electron chi connectivity index (χ2n) is 7.43. The van der Waals surface area contributed by atoms with Crippen molar-refractivity contribution in [3.05, 3.63) is 53.6 Å². The lowest BCUT2D eigenvalue weighted by Crippen LogP contribution is -2.28. The molecule has 3 N–H and O–H groups in total. The van der Waals surface area contributed by atoms with E-state index in [9.17, 15) is 22.8 Å². The van der Waals surface area contributed by atoms with Gasteiger partial charge in [0.05, 0.1) is 23.5 Å². The van der Waals surface area contributed by atoms with Crippen LogP contribution < -0.4 is 16.0 Å². The second kappa shape index (κ2) is 10.8. The van der Waals surface area contributed by atoms with Gasteiger partial charge in [0.15, 0.2) is 0 Å². The molecule has 8 heteroatoms. The standard InChI is InChI=1S/C23H28F3N3O2/c1-3-4-5-6-7-22(31)28-21-13-12-19(14-20(21)27)29(16(2)30)15-17-8-10-18(11-9-17)23(24,25)26/h8-14H,3-7,15,27H2,1-2H3,(H,28,31). The minimum Gasteiger partial charge on any atom is -0.397 e. The van der Waals surface area contributed by atoms with Crippen LogP contribution in [0.4, 0.5) is 30.2 Å². The minimum atomic E-state index is -4.41. The van der Waals surface area contributed by atoms with Crippen LogP contribution in [-0.2, 0) is 22.3 Å². The van der Waals surface area contributed by atoms with Crippen LogP contribution in [0.5, 0.6) is 0 Å². The van der Waals surface area contributed by atoms with Crippen molar-refractivity contribution in [2.24, 2.45) is 0 Å². The summed E-state index contributed by atoms with van der Waals surface area (Å²) in [5.41, 5.74) is 7.12. The predicted molar refractivity (Wildman–Crippen MR) is 117 cm³/mol. The Labute approximate surface area is 180 Å². The Balaban J connectivity index is 2.09. The highest BCUT2D eigenvalue weighted by Gasteiger charge is 2.30. The number of alkyl halides is 3. The first-order valence-corrected chi connectivity index (χ1v) is 10.3. The van der Waals surface area contributed by atoms with Gasteiger partial charge in [0, 0.05) is 19.0 Å². The number of nitrogens with one attached hydrogen (secondary N) is 1. The average molecular weight is 435 g/mol. The van der Waals surface area contributed by atoms with Crippen LogP contribution in [0.15, 0.2) is 42.5 Å². The summed E-state index contributed by atoms with van der Waals surface area (Å²) >= 11 is 0. The van der Waals surface area contributed by atoms with Gasteiger partial charge in [0.2, 0.25) is 11.8 Å². The van der Waals surface area contributed by atoms with Crippen molar-refractivity contribution >= 4 is 28.9 Å². The molecule has 0 aliphatic heterocycles. The van der Waals surface area contributed by atoms with Crippen LogP contribution in [-0.4, -0.2) is 11.8 Å². The van der Waals surface area contributed by atoms with E-state index in [1.807, 2.05) is 0 Å². The molecule has 2 rings (SSSR count). The normalized spacial score (nSPS) is 11.3. The third kappa shape index (κ3) is 7.31. The van der Waals surface area contributed by atoms with Gasteiger partial charge in [0.1, 0.15) is 0 Å². The van der Waals surface area contributed by atoms with Gasteiger partial charge in [-0.3, -0.25) is 9.59 Å². The Bertz CT molecular complexity index is 896. The van der Waals surface area contributed by atoms with Gasteiger partial charge in [-0.15, -0.1) is 0 Å². The molecule has 2 aromatic carbocycles. The summed E-state index contributed by atoms with van der Waals surface area (Å²) in [5.74, 6) is -0.407. The molecule has 0 aliphatic rings. The number of carbonyl (C=O) groups is 2. The molecule has 0 spiro atoms. The van der Waals surface area contributed by atoms with E-state index >= 15 is 0 Å². The number of carbonyl (C=O) groups excluding carboxylic acids is 2. The largest absolute Gasteiger partial charge is 0.416 e. The number of halogens is 3. The van der Waals surface area contributed by atoms with Crippen LogP contribution in [0, 0.1) is 0 Å². The summed E-state index contributed by atoms with van der Waals surface area (Å²) in [5, 5.41) is 2.78. The third-order valence-corrected chi connectivity index (χ3v) is 4.88. The number of rotatable bonds is 9. The van der Waals surface area contributed by atoms with Crippen LogP contribution in [0.3, 0.4) is 0 Å². The molecular weight excluding hydrogens is 407 g/mol. The molecule has 0 aromatic heterocycles. The van der Waals surface area contributed by atoms with Crippen molar-refractivity contribution in [1.82, 2.24) is 0 Å². The van der Waals surface area contributed by atoms with E-state index < -0.39 is 11.7 Å². The highest BCUT2D eigenvalue weighted by molar-refractivity contribution is 5.96. The highest BCUT2D eigenvalue weighted by Crippen LogP contribution is 2.30. The number of hydrogen-bond donors (Lipinski definition) is 2. The maximum Gasteiger partial charge on any atom is 0.416 e. The van der Waals surface area contributed by atoms with Crippen molar-refractivity contribution in [2.45, 2.75) is 58.7 Å². The zero-order valence-electron chi connectivity index (χ0n) is 17.8. The molecular formula is C23H28F3N3O2. The van der Waals surface area contributed by atoms with Gasteiger partial charge < -0.3 is 16.0 Å². The van der Waals surface area contributed by atoms with E-state index in [0.29, 0.717) is 29.0 Å². The monoisotopic (exact) mass is 435 g/mol. The van der Waals surface area contributed by atoms with Gasteiger partial charge in [-0.05, 0) is 42.3 Å². The van der Waals surface area contributed by atoms with E-state index in [-0.39, 0.29) is 18.4 Å². The molecule has 0 unspecified atom stereocenters. The lowest BCUT2D eigenvalue weighted by Gasteiger charge is -2.23. The number of hydrogen-bond acceptors (Lipinski definition) is 3. The van der Waals surface area contributed by atoms with Crippen molar-refractivity contribution in [3.63, 3.8) is 0 Å². The van der Waals surface area contributed by atoms with Crippen LogP contribution >= 0.6 is 0 Å². The molecule has 0 radical (unpaired) electrons. The van der Waals surface area contributed by atoms with E-state index in [4.69, 9.17) is 5.73 Å². The summed E-state index contributed by atoms with van der Waals surface area (Å²) < 4.78 is 38.2. The maximum atomic E-state index is 12.7. The summed E-state index contributed by atoms with van der Waals surface area (Å²) in [4.78, 5) is 25.7. The fourth-order valence-corrected chi connectivity index (χ4v) is 3.12. The van der Waals surface area contributed by atoms with Gasteiger partial charge in [0.25, 0.3) is 0 Å². The lowest BCUT2D eigenvalue weighted by molar-refractivity contribution is -0.137. The molecule has 0 fully saturated rings. The topological polar surface area (TPSA) is 75.4 Å². The molecule has 0 saturated heterocycles. The summed E-state index contributed by atoms with van der Waals surface area (Å²) in [6.45, 7) is 3.56. The quantitative estimate of drug-likeness (QED) is 0.389. The Morgan fingerprint density at radius 1 is 1.03 bits per heavy atom. The molecule has 168 valence electrons. The smallest absolute Gasteiger partial charge is 0.397 e. The Morgan fingerprint density at radius 3 is 2.26 bits per heavy atom. The molecule has 5 nitrogen and oxygen atoms in total. The third-order valence-electron chi connectivity index (χ3n) is 4.88. The molecule has 0 atom stereocenters. The Kier molecular flexibility index (Phi) is 8.47.